The van der Waals surface area contributed by atoms with Gasteiger partial charge in [0.25, 0.3) is 0 Å². The van der Waals surface area contributed by atoms with E-state index < -0.39 is 0 Å². The van der Waals surface area contributed by atoms with Gasteiger partial charge in [0, 0.05) is 13.1 Å². The first-order valence-electron chi connectivity index (χ1n) is 7.63. The first-order valence-corrected chi connectivity index (χ1v) is 7.63. The highest BCUT2D eigenvalue weighted by Crippen LogP contribution is 2.19. The third-order valence-corrected chi connectivity index (χ3v) is 4.06. The maximum absolute atomic E-state index is 8.63. The van der Waals surface area contributed by atoms with Gasteiger partial charge >= 0.3 is 0 Å². The van der Waals surface area contributed by atoms with E-state index in [9.17, 15) is 0 Å². The molecule has 1 aliphatic rings. The Morgan fingerprint density at radius 2 is 2.15 bits per heavy atom. The van der Waals surface area contributed by atoms with Gasteiger partial charge in [-0.1, -0.05) is 25.5 Å². The summed E-state index contributed by atoms with van der Waals surface area (Å²) in [7, 11) is 0. The summed E-state index contributed by atoms with van der Waals surface area (Å²) in [5.74, 6) is 1.77. The van der Waals surface area contributed by atoms with Crippen molar-refractivity contribution in [3.05, 3.63) is 29.8 Å². The molecule has 0 aromatic heterocycles. The van der Waals surface area contributed by atoms with E-state index in [1.165, 1.54) is 32.4 Å². The van der Waals surface area contributed by atoms with Crippen LogP contribution in [0, 0.1) is 17.2 Å². The minimum absolute atomic E-state index is 0.465. The molecule has 1 heterocycles. The van der Waals surface area contributed by atoms with Crippen molar-refractivity contribution >= 4 is 0 Å². The van der Waals surface area contributed by atoms with Crippen molar-refractivity contribution in [2.45, 2.75) is 32.6 Å². The number of likely N-dealkylation sites (tertiary alicyclic amines) is 1. The van der Waals surface area contributed by atoms with Gasteiger partial charge in [-0.15, -0.1) is 0 Å². The molecule has 0 radical (unpaired) electrons. The van der Waals surface area contributed by atoms with Crippen LogP contribution in [0.1, 0.15) is 31.7 Å². The van der Waals surface area contributed by atoms with Gasteiger partial charge < -0.3 is 4.74 Å². The summed E-state index contributed by atoms with van der Waals surface area (Å²) in [5.41, 5.74) is 1.04. The predicted molar refractivity (Wildman–Crippen MR) is 80.7 cm³/mol. The average Bonchev–Trinajstić information content (AvgIpc) is 2.50. The fourth-order valence-electron chi connectivity index (χ4n) is 2.78. The van der Waals surface area contributed by atoms with Crippen molar-refractivity contribution in [2.24, 2.45) is 5.92 Å². The van der Waals surface area contributed by atoms with Gasteiger partial charge in [0.15, 0.2) is 0 Å². The van der Waals surface area contributed by atoms with Gasteiger partial charge in [-0.3, -0.25) is 4.90 Å². The molecule has 3 heteroatoms. The SMILES string of the molecule is CCC1CCCN(CCOc2ccc(CC#N)cc2)C1. The van der Waals surface area contributed by atoms with Gasteiger partial charge in [0.05, 0.1) is 12.5 Å². The minimum atomic E-state index is 0.465. The van der Waals surface area contributed by atoms with Crippen LogP contribution in [0.4, 0.5) is 0 Å². The van der Waals surface area contributed by atoms with E-state index in [1.807, 2.05) is 24.3 Å². The van der Waals surface area contributed by atoms with Crippen molar-refractivity contribution in [3.63, 3.8) is 0 Å². The summed E-state index contributed by atoms with van der Waals surface area (Å²) in [6.45, 7) is 6.47. The first-order chi connectivity index (χ1) is 9.81. The molecule has 0 spiro atoms. The van der Waals surface area contributed by atoms with E-state index in [0.29, 0.717) is 6.42 Å². The fourth-order valence-corrected chi connectivity index (χ4v) is 2.78. The molecule has 1 aliphatic heterocycles. The zero-order chi connectivity index (χ0) is 14.2. The van der Waals surface area contributed by atoms with Crippen molar-refractivity contribution in [1.29, 1.82) is 5.26 Å². The number of nitrogens with zero attached hydrogens (tertiary/aromatic N) is 2. The van der Waals surface area contributed by atoms with Gasteiger partial charge in [-0.25, -0.2) is 0 Å². The van der Waals surface area contributed by atoms with Crippen molar-refractivity contribution in [2.75, 3.05) is 26.2 Å². The molecule has 1 fully saturated rings. The van der Waals surface area contributed by atoms with Crippen LogP contribution in [-0.4, -0.2) is 31.1 Å². The third kappa shape index (κ3) is 4.54. The molecule has 1 aromatic carbocycles. The highest BCUT2D eigenvalue weighted by Gasteiger charge is 2.17. The molecule has 1 unspecified atom stereocenters. The summed E-state index contributed by atoms with van der Waals surface area (Å²) in [6, 6.07) is 9.99. The Kier molecular flexibility index (Phi) is 5.88. The second-order valence-corrected chi connectivity index (χ2v) is 5.54. The summed E-state index contributed by atoms with van der Waals surface area (Å²) >= 11 is 0. The normalized spacial score (nSPS) is 19.5. The largest absolute Gasteiger partial charge is 0.492 e. The molecule has 0 bridgehead atoms. The van der Waals surface area contributed by atoms with Crippen LogP contribution < -0.4 is 4.74 Å². The number of ether oxygens (including phenoxy) is 1. The van der Waals surface area contributed by atoms with E-state index in [4.69, 9.17) is 10.00 Å². The van der Waals surface area contributed by atoms with Crippen molar-refractivity contribution in [3.8, 4) is 11.8 Å². The monoisotopic (exact) mass is 272 g/mol. The van der Waals surface area contributed by atoms with Gasteiger partial charge in [-0.05, 0) is 43.0 Å². The van der Waals surface area contributed by atoms with E-state index >= 15 is 0 Å². The number of piperidine rings is 1. The lowest BCUT2D eigenvalue weighted by molar-refractivity contribution is 0.145. The predicted octanol–water partition coefficient (Wildman–Crippen LogP) is 3.25. The lowest BCUT2D eigenvalue weighted by atomic mass is 9.96. The van der Waals surface area contributed by atoms with E-state index in [-0.39, 0.29) is 0 Å². The van der Waals surface area contributed by atoms with Crippen LogP contribution >= 0.6 is 0 Å². The van der Waals surface area contributed by atoms with Crippen LogP contribution in [0.3, 0.4) is 0 Å². The van der Waals surface area contributed by atoms with Crippen molar-refractivity contribution in [1.82, 2.24) is 4.90 Å². The molecule has 1 aromatic rings. The lowest BCUT2D eigenvalue weighted by Crippen LogP contribution is -2.37. The van der Waals surface area contributed by atoms with Crippen LogP contribution in [0.2, 0.25) is 0 Å². The molecule has 0 aliphatic carbocycles. The Bertz CT molecular complexity index is 435. The Hall–Kier alpha value is -1.53. The number of hydrogen-bond acceptors (Lipinski definition) is 3. The van der Waals surface area contributed by atoms with Crippen molar-refractivity contribution < 1.29 is 4.74 Å². The van der Waals surface area contributed by atoms with Crippen LogP contribution in [0.15, 0.2) is 24.3 Å². The van der Waals surface area contributed by atoms with Gasteiger partial charge in [0.1, 0.15) is 12.4 Å². The Labute approximate surface area is 122 Å². The summed E-state index contributed by atoms with van der Waals surface area (Å²) in [5, 5.41) is 8.63. The molecule has 20 heavy (non-hydrogen) atoms. The topological polar surface area (TPSA) is 36.3 Å². The fraction of sp³-hybridized carbons (Fsp3) is 0.588. The average molecular weight is 272 g/mol. The summed E-state index contributed by atoms with van der Waals surface area (Å²) < 4.78 is 5.79. The Morgan fingerprint density at radius 3 is 2.85 bits per heavy atom. The number of hydrogen-bond donors (Lipinski definition) is 0. The molecule has 1 saturated heterocycles. The first kappa shape index (κ1) is 14.9. The number of benzene rings is 1. The van der Waals surface area contributed by atoms with E-state index in [2.05, 4.69) is 17.9 Å². The molecule has 108 valence electrons. The highest BCUT2D eigenvalue weighted by molar-refractivity contribution is 5.28. The molecule has 2 rings (SSSR count). The smallest absolute Gasteiger partial charge is 0.119 e. The lowest BCUT2D eigenvalue weighted by Gasteiger charge is -2.32. The third-order valence-electron chi connectivity index (χ3n) is 4.06. The quantitative estimate of drug-likeness (QED) is 0.797. The molecule has 1 atom stereocenters. The van der Waals surface area contributed by atoms with Gasteiger partial charge in [-0.2, -0.15) is 5.26 Å². The standard InChI is InChI=1S/C17H24N2O/c1-2-15-4-3-11-19(14-15)12-13-20-17-7-5-16(6-8-17)9-10-18/h5-8,15H,2-4,9,11-14H2,1H3. The zero-order valence-corrected chi connectivity index (χ0v) is 12.3. The van der Waals surface area contributed by atoms with Crippen LogP contribution in [-0.2, 0) is 6.42 Å². The summed E-state index contributed by atoms with van der Waals surface area (Å²) in [6.07, 6.45) is 4.46. The molecule has 0 amide bonds. The van der Waals surface area contributed by atoms with Crippen LogP contribution in [0.5, 0.6) is 5.75 Å². The zero-order valence-electron chi connectivity index (χ0n) is 12.3. The molecule has 0 saturated carbocycles. The van der Waals surface area contributed by atoms with E-state index in [0.717, 1.165) is 30.4 Å². The maximum Gasteiger partial charge on any atom is 0.119 e. The molecule has 3 nitrogen and oxygen atoms in total. The molecular formula is C17H24N2O. The second-order valence-electron chi connectivity index (χ2n) is 5.54. The summed E-state index contributed by atoms with van der Waals surface area (Å²) in [4.78, 5) is 2.52. The molecular weight excluding hydrogens is 248 g/mol. The minimum Gasteiger partial charge on any atom is -0.492 e. The number of nitriles is 1. The Morgan fingerprint density at radius 1 is 1.35 bits per heavy atom. The van der Waals surface area contributed by atoms with Crippen LogP contribution in [0.25, 0.3) is 0 Å². The Balaban J connectivity index is 1.71. The number of rotatable bonds is 6. The maximum atomic E-state index is 8.63. The molecule has 0 N–H and O–H groups in total. The van der Waals surface area contributed by atoms with E-state index in [1.54, 1.807) is 0 Å². The van der Waals surface area contributed by atoms with Gasteiger partial charge in [0.2, 0.25) is 0 Å². The second kappa shape index (κ2) is 7.91. The highest BCUT2D eigenvalue weighted by atomic mass is 16.5.